The first kappa shape index (κ1) is 18.4. The van der Waals surface area contributed by atoms with E-state index in [1.54, 1.807) is 24.3 Å². The molecule has 0 aromatic heterocycles. The molecule has 0 heterocycles. The van der Waals surface area contributed by atoms with Gasteiger partial charge in [0.05, 0.1) is 3.57 Å². The number of carboxylic acids is 1. The molecule has 0 fully saturated rings. The molecule has 0 saturated carbocycles. The van der Waals surface area contributed by atoms with E-state index in [1.165, 1.54) is 0 Å². The highest BCUT2D eigenvalue weighted by atomic mass is 127. The highest BCUT2D eigenvalue weighted by Gasteiger charge is 2.13. The van der Waals surface area contributed by atoms with Gasteiger partial charge in [0, 0.05) is 5.56 Å². The summed E-state index contributed by atoms with van der Waals surface area (Å²) in [5, 5.41) is 18.6. The van der Waals surface area contributed by atoms with Crippen molar-refractivity contribution >= 4 is 28.6 Å². The average Bonchev–Trinajstić information content (AvgIpc) is 2.50. The number of aromatic hydroxyl groups is 1. The number of phenolic OH excluding ortho intramolecular Hbond substituents is 1. The zero-order valence-corrected chi connectivity index (χ0v) is 15.8. The lowest BCUT2D eigenvalue weighted by Gasteiger charge is -2.15. The molecule has 2 rings (SSSR count). The summed E-state index contributed by atoms with van der Waals surface area (Å²) >= 11 is 2.12. The molecule has 0 aliphatic rings. The standard InChI is InChI=1S/C18H19IO5/c1-10(2)14-7-12(4-5-16(14)20)24-18-11(3)6-13(8-15(18)19)23-9-17(21)22/h4-8,10,20H,9H2,1-3H3,(H,21,22). The van der Waals surface area contributed by atoms with Crippen LogP contribution in [0.1, 0.15) is 30.9 Å². The van der Waals surface area contributed by atoms with Crippen molar-refractivity contribution < 1.29 is 24.5 Å². The van der Waals surface area contributed by atoms with Gasteiger partial charge in [-0.05, 0) is 71.3 Å². The summed E-state index contributed by atoms with van der Waals surface area (Å²) in [5.74, 6) is 1.21. The summed E-state index contributed by atoms with van der Waals surface area (Å²) in [4.78, 5) is 10.6. The molecule has 0 unspecified atom stereocenters. The summed E-state index contributed by atoms with van der Waals surface area (Å²) in [7, 11) is 0. The highest BCUT2D eigenvalue weighted by molar-refractivity contribution is 14.1. The van der Waals surface area contributed by atoms with E-state index in [0.717, 1.165) is 14.7 Å². The van der Waals surface area contributed by atoms with Crippen LogP contribution < -0.4 is 9.47 Å². The van der Waals surface area contributed by atoms with Crippen molar-refractivity contribution in [1.82, 2.24) is 0 Å². The number of benzene rings is 2. The van der Waals surface area contributed by atoms with Crippen LogP contribution in [0, 0.1) is 10.5 Å². The SMILES string of the molecule is Cc1cc(OCC(=O)O)cc(I)c1Oc1ccc(O)c(C(C)C)c1. The quantitative estimate of drug-likeness (QED) is 0.636. The molecule has 0 spiro atoms. The molecule has 0 saturated heterocycles. The first-order valence-electron chi connectivity index (χ1n) is 7.43. The number of hydrogen-bond donors (Lipinski definition) is 2. The predicted octanol–water partition coefficient (Wildman–Crippen LogP) is 4.68. The Morgan fingerprint density at radius 1 is 1.21 bits per heavy atom. The van der Waals surface area contributed by atoms with E-state index in [-0.39, 0.29) is 18.3 Å². The second kappa shape index (κ2) is 7.74. The van der Waals surface area contributed by atoms with Crippen molar-refractivity contribution in [1.29, 1.82) is 0 Å². The Balaban J connectivity index is 2.27. The molecular weight excluding hydrogens is 423 g/mol. The predicted molar refractivity (Wildman–Crippen MR) is 99.3 cm³/mol. The van der Waals surface area contributed by atoms with Crippen molar-refractivity contribution in [3.05, 3.63) is 45.0 Å². The van der Waals surface area contributed by atoms with Crippen LogP contribution in [0.3, 0.4) is 0 Å². The Labute approximate surface area is 154 Å². The van der Waals surface area contributed by atoms with E-state index in [4.69, 9.17) is 14.6 Å². The van der Waals surface area contributed by atoms with Gasteiger partial charge in [0.15, 0.2) is 6.61 Å². The maximum atomic E-state index is 10.6. The van der Waals surface area contributed by atoms with E-state index < -0.39 is 5.97 Å². The number of ether oxygens (including phenoxy) is 2. The van der Waals surface area contributed by atoms with Gasteiger partial charge in [-0.25, -0.2) is 4.79 Å². The van der Waals surface area contributed by atoms with E-state index in [0.29, 0.717) is 17.2 Å². The van der Waals surface area contributed by atoms with Crippen molar-refractivity contribution in [2.75, 3.05) is 6.61 Å². The molecule has 2 N–H and O–H groups in total. The topological polar surface area (TPSA) is 76.0 Å². The molecule has 0 radical (unpaired) electrons. The van der Waals surface area contributed by atoms with Crippen molar-refractivity contribution in [3.8, 4) is 23.0 Å². The monoisotopic (exact) mass is 442 g/mol. The van der Waals surface area contributed by atoms with Gasteiger partial charge in [0.1, 0.15) is 23.0 Å². The number of rotatable bonds is 6. The van der Waals surface area contributed by atoms with Gasteiger partial charge in [-0.1, -0.05) is 13.8 Å². The Morgan fingerprint density at radius 2 is 1.92 bits per heavy atom. The van der Waals surface area contributed by atoms with Crippen molar-refractivity contribution in [2.24, 2.45) is 0 Å². The number of aliphatic carboxylic acids is 1. The zero-order valence-electron chi connectivity index (χ0n) is 13.7. The third kappa shape index (κ3) is 4.53. The van der Waals surface area contributed by atoms with Gasteiger partial charge in [0.25, 0.3) is 0 Å². The smallest absolute Gasteiger partial charge is 0.341 e. The van der Waals surface area contributed by atoms with Crippen LogP contribution >= 0.6 is 22.6 Å². The largest absolute Gasteiger partial charge is 0.508 e. The molecular formula is C18H19IO5. The Morgan fingerprint density at radius 3 is 2.50 bits per heavy atom. The fourth-order valence-corrected chi connectivity index (χ4v) is 3.08. The van der Waals surface area contributed by atoms with Gasteiger partial charge >= 0.3 is 5.97 Å². The van der Waals surface area contributed by atoms with Crippen LogP contribution in [-0.2, 0) is 4.79 Å². The summed E-state index contributed by atoms with van der Waals surface area (Å²) < 4.78 is 12.0. The molecule has 2 aromatic carbocycles. The van der Waals surface area contributed by atoms with Crippen molar-refractivity contribution in [2.45, 2.75) is 26.7 Å². The minimum atomic E-state index is -1.02. The lowest BCUT2D eigenvalue weighted by Crippen LogP contribution is -2.09. The zero-order chi connectivity index (χ0) is 17.9. The fourth-order valence-electron chi connectivity index (χ4n) is 2.23. The van der Waals surface area contributed by atoms with Crippen LogP contribution in [0.25, 0.3) is 0 Å². The lowest BCUT2D eigenvalue weighted by molar-refractivity contribution is -0.139. The van der Waals surface area contributed by atoms with Crippen LogP contribution in [0.5, 0.6) is 23.0 Å². The summed E-state index contributed by atoms with van der Waals surface area (Å²) in [6.45, 7) is 5.49. The van der Waals surface area contributed by atoms with Crippen LogP contribution in [0.15, 0.2) is 30.3 Å². The summed E-state index contributed by atoms with van der Waals surface area (Å²) in [6.07, 6.45) is 0. The molecule has 2 aromatic rings. The highest BCUT2D eigenvalue weighted by Crippen LogP contribution is 2.36. The molecule has 5 nitrogen and oxygen atoms in total. The third-order valence-electron chi connectivity index (χ3n) is 3.41. The van der Waals surface area contributed by atoms with E-state index in [2.05, 4.69) is 22.6 Å². The number of carbonyl (C=O) groups is 1. The first-order chi connectivity index (χ1) is 11.3. The maximum absolute atomic E-state index is 10.6. The fraction of sp³-hybridized carbons (Fsp3) is 0.278. The molecule has 0 aliphatic heterocycles. The average molecular weight is 442 g/mol. The summed E-state index contributed by atoms with van der Waals surface area (Å²) in [5.41, 5.74) is 1.66. The molecule has 0 amide bonds. The van der Waals surface area contributed by atoms with E-state index in [1.807, 2.05) is 26.8 Å². The number of aryl methyl sites for hydroxylation is 1. The molecule has 0 aliphatic carbocycles. The molecule has 0 atom stereocenters. The minimum absolute atomic E-state index is 0.181. The van der Waals surface area contributed by atoms with Crippen LogP contribution in [-0.4, -0.2) is 22.8 Å². The van der Waals surface area contributed by atoms with Crippen molar-refractivity contribution in [3.63, 3.8) is 0 Å². The van der Waals surface area contributed by atoms with Gasteiger partial charge in [-0.3, -0.25) is 0 Å². The van der Waals surface area contributed by atoms with Gasteiger partial charge < -0.3 is 19.7 Å². The third-order valence-corrected chi connectivity index (χ3v) is 4.21. The van der Waals surface area contributed by atoms with E-state index in [9.17, 15) is 9.90 Å². The first-order valence-corrected chi connectivity index (χ1v) is 8.51. The summed E-state index contributed by atoms with van der Waals surface area (Å²) in [6, 6.07) is 8.63. The number of hydrogen-bond acceptors (Lipinski definition) is 4. The van der Waals surface area contributed by atoms with Crippen LogP contribution in [0.2, 0.25) is 0 Å². The normalized spacial score (nSPS) is 10.7. The Bertz CT molecular complexity index is 732. The Hall–Kier alpha value is -1.96. The Kier molecular flexibility index (Phi) is 5.93. The van der Waals surface area contributed by atoms with Gasteiger partial charge in [0.2, 0.25) is 0 Å². The number of phenols is 1. The lowest BCUT2D eigenvalue weighted by atomic mass is 10.0. The minimum Gasteiger partial charge on any atom is -0.508 e. The van der Waals surface area contributed by atoms with Crippen LogP contribution in [0.4, 0.5) is 0 Å². The van der Waals surface area contributed by atoms with Gasteiger partial charge in [-0.2, -0.15) is 0 Å². The molecule has 6 heteroatoms. The molecule has 0 bridgehead atoms. The number of carboxylic acid groups (broad SMARTS) is 1. The van der Waals surface area contributed by atoms with Gasteiger partial charge in [-0.15, -0.1) is 0 Å². The molecule has 24 heavy (non-hydrogen) atoms. The molecule has 128 valence electrons. The number of halogens is 1. The second-order valence-corrected chi connectivity index (χ2v) is 6.87. The van der Waals surface area contributed by atoms with E-state index >= 15 is 0 Å². The second-order valence-electron chi connectivity index (χ2n) is 5.71. The maximum Gasteiger partial charge on any atom is 0.341 e.